The minimum absolute atomic E-state index is 0.0654. The number of hydrogen-bond donors (Lipinski definition) is 2. The molecule has 5 heteroatoms. The van der Waals surface area contributed by atoms with Gasteiger partial charge in [0.25, 0.3) is 0 Å². The number of amides is 1. The second-order valence-electron chi connectivity index (χ2n) is 5.22. The Morgan fingerprint density at radius 3 is 3.00 bits per heavy atom. The van der Waals surface area contributed by atoms with Crippen molar-refractivity contribution in [2.24, 2.45) is 0 Å². The van der Waals surface area contributed by atoms with Crippen molar-refractivity contribution in [2.45, 2.75) is 44.7 Å². The molecule has 0 spiro atoms. The Balaban J connectivity index is 2.04. The highest BCUT2D eigenvalue weighted by molar-refractivity contribution is 5.79. The molecule has 1 fully saturated rings. The van der Waals surface area contributed by atoms with Crippen molar-refractivity contribution in [3.05, 3.63) is 17.2 Å². The van der Waals surface area contributed by atoms with E-state index < -0.39 is 0 Å². The zero-order valence-corrected chi connectivity index (χ0v) is 11.0. The van der Waals surface area contributed by atoms with E-state index in [-0.39, 0.29) is 11.9 Å². The number of nitrogens with one attached hydrogen (secondary N) is 2. The lowest BCUT2D eigenvalue weighted by Gasteiger charge is -2.20. The van der Waals surface area contributed by atoms with Crippen LogP contribution in [0.1, 0.15) is 48.9 Å². The average molecular weight is 248 g/mol. The number of imidazole rings is 1. The van der Waals surface area contributed by atoms with Gasteiger partial charge in [-0.15, -0.1) is 0 Å². The highest BCUT2D eigenvalue weighted by Gasteiger charge is 2.34. The van der Waals surface area contributed by atoms with E-state index in [4.69, 9.17) is 4.98 Å². The summed E-state index contributed by atoms with van der Waals surface area (Å²) < 4.78 is 2.19. The van der Waals surface area contributed by atoms with Crippen LogP contribution in [0.15, 0.2) is 0 Å². The van der Waals surface area contributed by atoms with Crippen LogP contribution in [0, 0.1) is 0 Å². The summed E-state index contributed by atoms with van der Waals surface area (Å²) in [5.41, 5.74) is 2.39. The summed E-state index contributed by atoms with van der Waals surface area (Å²) in [6.45, 7) is 3.78. The van der Waals surface area contributed by atoms with Gasteiger partial charge in [0.1, 0.15) is 11.9 Å². The third kappa shape index (κ3) is 1.82. The SMILES string of the molecule is CNC(=O)C(C)n1c(C2CC2)nc2c1CCNC2. The smallest absolute Gasteiger partial charge is 0.242 e. The number of nitrogens with zero attached hydrogens (tertiary/aromatic N) is 2. The highest BCUT2D eigenvalue weighted by atomic mass is 16.2. The predicted octanol–water partition coefficient (Wildman–Crippen LogP) is 0.713. The van der Waals surface area contributed by atoms with Gasteiger partial charge in [0.05, 0.1) is 5.69 Å². The number of likely N-dealkylation sites (N-methyl/N-ethyl adjacent to an activating group) is 1. The lowest BCUT2D eigenvalue weighted by molar-refractivity contribution is -0.123. The minimum Gasteiger partial charge on any atom is -0.357 e. The highest BCUT2D eigenvalue weighted by Crippen LogP contribution is 2.41. The zero-order chi connectivity index (χ0) is 12.7. The van der Waals surface area contributed by atoms with Gasteiger partial charge in [-0.25, -0.2) is 4.98 Å². The monoisotopic (exact) mass is 248 g/mol. The van der Waals surface area contributed by atoms with Crippen molar-refractivity contribution in [1.29, 1.82) is 0 Å². The zero-order valence-electron chi connectivity index (χ0n) is 11.0. The van der Waals surface area contributed by atoms with Crippen LogP contribution < -0.4 is 10.6 Å². The van der Waals surface area contributed by atoms with Gasteiger partial charge >= 0.3 is 0 Å². The summed E-state index contributed by atoms with van der Waals surface area (Å²) in [5, 5.41) is 6.09. The Hall–Kier alpha value is -1.36. The molecule has 5 nitrogen and oxygen atoms in total. The topological polar surface area (TPSA) is 59.0 Å². The van der Waals surface area contributed by atoms with Crippen LogP contribution in [0.2, 0.25) is 0 Å². The fraction of sp³-hybridized carbons (Fsp3) is 0.692. The van der Waals surface area contributed by atoms with E-state index >= 15 is 0 Å². The molecule has 1 amide bonds. The molecule has 1 unspecified atom stereocenters. The predicted molar refractivity (Wildman–Crippen MR) is 68.4 cm³/mol. The largest absolute Gasteiger partial charge is 0.357 e. The van der Waals surface area contributed by atoms with E-state index in [1.165, 1.54) is 18.5 Å². The molecule has 1 aromatic heterocycles. The fourth-order valence-corrected chi connectivity index (χ4v) is 2.74. The first kappa shape index (κ1) is 11.7. The molecule has 2 N–H and O–H groups in total. The number of hydrogen-bond acceptors (Lipinski definition) is 3. The quantitative estimate of drug-likeness (QED) is 0.828. The van der Waals surface area contributed by atoms with E-state index in [2.05, 4.69) is 15.2 Å². The second-order valence-corrected chi connectivity index (χ2v) is 5.22. The lowest BCUT2D eigenvalue weighted by Crippen LogP contribution is -2.31. The molecule has 1 aromatic rings. The molecule has 0 aromatic carbocycles. The Bertz CT molecular complexity index is 476. The maximum Gasteiger partial charge on any atom is 0.242 e. The summed E-state index contributed by atoms with van der Waals surface area (Å²) in [6.07, 6.45) is 3.39. The third-order valence-electron chi connectivity index (χ3n) is 3.91. The van der Waals surface area contributed by atoms with Crippen molar-refractivity contribution in [3.63, 3.8) is 0 Å². The van der Waals surface area contributed by atoms with Gasteiger partial charge in [-0.2, -0.15) is 0 Å². The molecule has 1 atom stereocenters. The molecule has 3 rings (SSSR count). The van der Waals surface area contributed by atoms with Crippen molar-refractivity contribution in [3.8, 4) is 0 Å². The summed E-state index contributed by atoms with van der Waals surface area (Å²) in [4.78, 5) is 16.7. The minimum atomic E-state index is -0.153. The van der Waals surface area contributed by atoms with Gasteiger partial charge in [-0.05, 0) is 19.8 Å². The third-order valence-corrected chi connectivity index (χ3v) is 3.91. The number of rotatable bonds is 3. The van der Waals surface area contributed by atoms with E-state index in [9.17, 15) is 4.79 Å². The van der Waals surface area contributed by atoms with E-state index in [0.29, 0.717) is 5.92 Å². The van der Waals surface area contributed by atoms with Crippen LogP contribution in [-0.2, 0) is 17.8 Å². The van der Waals surface area contributed by atoms with Crippen LogP contribution in [-0.4, -0.2) is 29.1 Å². The average Bonchev–Trinajstić information content (AvgIpc) is 3.17. The summed E-state index contributed by atoms with van der Waals surface area (Å²) in [5.74, 6) is 1.76. The van der Waals surface area contributed by atoms with Crippen molar-refractivity contribution in [2.75, 3.05) is 13.6 Å². The molecule has 2 aliphatic rings. The van der Waals surface area contributed by atoms with Gasteiger partial charge in [0, 0.05) is 38.2 Å². The molecule has 0 bridgehead atoms. The maximum absolute atomic E-state index is 11.9. The molecule has 1 aliphatic heterocycles. The van der Waals surface area contributed by atoms with E-state index in [1.54, 1.807) is 7.05 Å². The molecular weight excluding hydrogens is 228 g/mol. The molecule has 1 saturated carbocycles. The second kappa shape index (κ2) is 4.39. The molecule has 98 valence electrons. The fourth-order valence-electron chi connectivity index (χ4n) is 2.74. The Kier molecular flexibility index (Phi) is 2.86. The van der Waals surface area contributed by atoms with Gasteiger partial charge < -0.3 is 15.2 Å². The molecular formula is C13H20N4O. The van der Waals surface area contributed by atoms with Gasteiger partial charge in [0.2, 0.25) is 5.91 Å². The van der Waals surface area contributed by atoms with Gasteiger partial charge in [-0.3, -0.25) is 4.79 Å². The Morgan fingerprint density at radius 1 is 1.56 bits per heavy atom. The number of carbonyl (C=O) groups is 1. The van der Waals surface area contributed by atoms with Crippen LogP contribution >= 0.6 is 0 Å². The first-order valence-electron chi connectivity index (χ1n) is 6.74. The lowest BCUT2D eigenvalue weighted by atomic mass is 10.1. The molecule has 0 saturated heterocycles. The normalized spacial score (nSPS) is 20.3. The summed E-state index contributed by atoms with van der Waals surface area (Å²) >= 11 is 0. The number of aromatic nitrogens is 2. The van der Waals surface area contributed by atoms with E-state index in [0.717, 1.165) is 31.0 Å². The summed E-state index contributed by atoms with van der Waals surface area (Å²) in [7, 11) is 1.70. The van der Waals surface area contributed by atoms with Crippen LogP contribution in [0.4, 0.5) is 0 Å². The number of carbonyl (C=O) groups excluding carboxylic acids is 1. The maximum atomic E-state index is 11.9. The first-order valence-corrected chi connectivity index (χ1v) is 6.74. The van der Waals surface area contributed by atoms with Crippen molar-refractivity contribution in [1.82, 2.24) is 20.2 Å². The van der Waals surface area contributed by atoms with Crippen molar-refractivity contribution >= 4 is 5.91 Å². The first-order chi connectivity index (χ1) is 8.72. The summed E-state index contributed by atoms with van der Waals surface area (Å²) in [6, 6.07) is -0.153. The molecule has 2 heterocycles. The van der Waals surface area contributed by atoms with Crippen LogP contribution in [0.3, 0.4) is 0 Å². The molecule has 1 aliphatic carbocycles. The van der Waals surface area contributed by atoms with Crippen LogP contribution in [0.25, 0.3) is 0 Å². The van der Waals surface area contributed by atoms with Crippen LogP contribution in [0.5, 0.6) is 0 Å². The van der Waals surface area contributed by atoms with Gasteiger partial charge in [0.15, 0.2) is 0 Å². The molecule has 0 radical (unpaired) electrons. The Labute approximate surface area is 107 Å². The molecule has 18 heavy (non-hydrogen) atoms. The van der Waals surface area contributed by atoms with Crippen molar-refractivity contribution < 1.29 is 4.79 Å². The number of fused-ring (bicyclic) bond motifs is 1. The Morgan fingerprint density at radius 2 is 2.33 bits per heavy atom. The van der Waals surface area contributed by atoms with E-state index in [1.807, 2.05) is 6.92 Å². The van der Waals surface area contributed by atoms with Gasteiger partial charge in [-0.1, -0.05) is 0 Å². The standard InChI is InChI=1S/C13H20N4O/c1-8(13(18)14-2)17-11-5-6-15-7-10(11)16-12(17)9-3-4-9/h8-9,15H,3-7H2,1-2H3,(H,14,18).